The molecular weight excluding hydrogens is 470 g/mol. The molecule has 0 amide bonds. The summed E-state index contributed by atoms with van der Waals surface area (Å²) in [6.45, 7) is 8.89. The van der Waals surface area contributed by atoms with Gasteiger partial charge in [0.1, 0.15) is 0 Å². The van der Waals surface area contributed by atoms with Gasteiger partial charge >= 0.3 is 5.97 Å². The predicted molar refractivity (Wildman–Crippen MR) is 155 cm³/mol. The van der Waals surface area contributed by atoms with E-state index in [1.807, 2.05) is 12.3 Å². The van der Waals surface area contributed by atoms with Crippen molar-refractivity contribution >= 4 is 5.97 Å². The Kier molecular flexibility index (Phi) is 8.72. The number of carbonyl (C=O) groups is 1. The molecule has 0 spiro atoms. The average Bonchev–Trinajstić information content (AvgIpc) is 2.89. The molecule has 0 radical (unpaired) electrons. The largest absolute Gasteiger partial charge is 0.481 e. The maximum absolute atomic E-state index is 11.2. The van der Waals surface area contributed by atoms with Crippen molar-refractivity contribution in [1.29, 1.82) is 0 Å². The Labute approximate surface area is 228 Å². The minimum Gasteiger partial charge on any atom is -0.481 e. The summed E-state index contributed by atoms with van der Waals surface area (Å²) in [5.74, 6) is -0.849. The second-order valence-corrected chi connectivity index (χ2v) is 11.4. The Balaban J connectivity index is 1.61. The highest BCUT2D eigenvalue weighted by atomic mass is 16.4. The summed E-state index contributed by atoms with van der Waals surface area (Å²) in [7, 11) is 0. The number of benzene rings is 2. The summed E-state index contributed by atoms with van der Waals surface area (Å²) in [4.78, 5) is 15.5. The van der Waals surface area contributed by atoms with Crippen LogP contribution >= 0.6 is 0 Å². The second-order valence-electron chi connectivity index (χ2n) is 11.4. The molecule has 1 heterocycles. The van der Waals surface area contributed by atoms with Crippen LogP contribution < -0.4 is 0 Å². The van der Waals surface area contributed by atoms with Gasteiger partial charge in [-0.1, -0.05) is 69.5 Å². The van der Waals surface area contributed by atoms with Crippen LogP contribution in [0.3, 0.4) is 0 Å². The van der Waals surface area contributed by atoms with E-state index >= 15 is 0 Å². The fourth-order valence-corrected chi connectivity index (χ4v) is 6.53. The van der Waals surface area contributed by atoms with Gasteiger partial charge in [0.2, 0.25) is 0 Å². The first-order valence-corrected chi connectivity index (χ1v) is 14.3. The number of aliphatic hydroxyl groups is 1. The first-order valence-electron chi connectivity index (χ1n) is 14.3. The molecule has 0 atom stereocenters. The first kappa shape index (κ1) is 28.0. The molecule has 38 heavy (non-hydrogen) atoms. The van der Waals surface area contributed by atoms with Crippen LogP contribution in [0.15, 0.2) is 54.9 Å². The lowest BCUT2D eigenvalue weighted by molar-refractivity contribution is -0.136. The highest BCUT2D eigenvalue weighted by Crippen LogP contribution is 2.41. The highest BCUT2D eigenvalue weighted by Gasteiger charge is 2.32. The summed E-state index contributed by atoms with van der Waals surface area (Å²) in [5, 5.41) is 20.2. The maximum Gasteiger partial charge on any atom is 0.307 e. The lowest BCUT2D eigenvalue weighted by atomic mass is 9.69. The van der Waals surface area contributed by atoms with Crippen molar-refractivity contribution in [3.8, 4) is 11.1 Å². The highest BCUT2D eigenvalue weighted by molar-refractivity contribution is 5.72. The number of carboxylic acid groups (broad SMARTS) is 1. The molecule has 202 valence electrons. The Bertz CT molecular complexity index is 1270. The number of pyridine rings is 1. The molecule has 4 rings (SSSR count). The van der Waals surface area contributed by atoms with Gasteiger partial charge in [0.05, 0.1) is 12.0 Å². The summed E-state index contributed by atoms with van der Waals surface area (Å²) in [6.07, 6.45) is 12.6. The molecule has 0 bridgehead atoms. The van der Waals surface area contributed by atoms with E-state index < -0.39 is 11.6 Å². The van der Waals surface area contributed by atoms with Crippen LogP contribution in [-0.4, -0.2) is 26.8 Å². The number of carboxylic acids is 1. The molecule has 1 fully saturated rings. The van der Waals surface area contributed by atoms with Crippen LogP contribution in [0.25, 0.3) is 11.1 Å². The van der Waals surface area contributed by atoms with E-state index in [0.29, 0.717) is 5.56 Å². The second kappa shape index (κ2) is 11.8. The standard InChI is InChI=1S/C34H43NO3/c1-5-34(6-2,29-11-10-27(24(3)18-29)14-17-33(38)15-8-7-9-16-33)30-12-13-31(25(4)19-30)28-20-26(21-32(36)37)22-35-23-28/h10-13,18-20,22-23,38H,5-9,14-17,21H2,1-4H3,(H,36,37). The fraction of sp³-hybridized carbons (Fsp3) is 0.471. The SMILES string of the molecule is CCC(CC)(c1ccc(CCC2(O)CCCCC2)c(C)c1)c1ccc(-c2cncc(CC(=O)O)c2)c(C)c1. The predicted octanol–water partition coefficient (Wildman–Crippen LogP) is 7.73. The molecule has 1 aliphatic rings. The zero-order chi connectivity index (χ0) is 27.3. The molecular formula is C34H43NO3. The van der Waals surface area contributed by atoms with Gasteiger partial charge in [-0.2, -0.15) is 0 Å². The van der Waals surface area contributed by atoms with Crippen molar-refractivity contribution in [2.24, 2.45) is 0 Å². The van der Waals surface area contributed by atoms with E-state index in [1.165, 1.54) is 28.7 Å². The zero-order valence-corrected chi connectivity index (χ0v) is 23.5. The Morgan fingerprint density at radius 1 is 0.921 bits per heavy atom. The van der Waals surface area contributed by atoms with Gasteiger partial charge in [-0.3, -0.25) is 9.78 Å². The third-order valence-electron chi connectivity index (χ3n) is 8.99. The summed E-state index contributed by atoms with van der Waals surface area (Å²) >= 11 is 0. The Morgan fingerprint density at radius 2 is 1.58 bits per heavy atom. The van der Waals surface area contributed by atoms with Crippen LogP contribution in [0.1, 0.15) is 98.6 Å². The van der Waals surface area contributed by atoms with Crippen LogP contribution in [0, 0.1) is 13.8 Å². The molecule has 4 nitrogen and oxygen atoms in total. The van der Waals surface area contributed by atoms with Gasteiger partial charge in [-0.05, 0) is 97.4 Å². The van der Waals surface area contributed by atoms with Crippen LogP contribution in [-0.2, 0) is 23.1 Å². The minimum atomic E-state index is -0.849. The van der Waals surface area contributed by atoms with Crippen molar-refractivity contribution < 1.29 is 15.0 Å². The Morgan fingerprint density at radius 3 is 2.18 bits per heavy atom. The van der Waals surface area contributed by atoms with Gasteiger partial charge in [-0.15, -0.1) is 0 Å². The third kappa shape index (κ3) is 6.02. The van der Waals surface area contributed by atoms with E-state index in [4.69, 9.17) is 0 Å². The zero-order valence-electron chi connectivity index (χ0n) is 23.5. The van der Waals surface area contributed by atoms with Gasteiger partial charge in [0, 0.05) is 23.4 Å². The van der Waals surface area contributed by atoms with Gasteiger partial charge in [0.15, 0.2) is 0 Å². The molecule has 2 aromatic carbocycles. The summed E-state index contributed by atoms with van der Waals surface area (Å²) < 4.78 is 0. The molecule has 1 aromatic heterocycles. The molecule has 1 aliphatic carbocycles. The maximum atomic E-state index is 11.2. The van der Waals surface area contributed by atoms with Crippen LogP contribution in [0.5, 0.6) is 0 Å². The van der Waals surface area contributed by atoms with Crippen molar-refractivity contribution in [1.82, 2.24) is 4.98 Å². The monoisotopic (exact) mass is 513 g/mol. The number of hydrogen-bond acceptors (Lipinski definition) is 3. The number of aromatic nitrogens is 1. The fourth-order valence-electron chi connectivity index (χ4n) is 6.53. The summed E-state index contributed by atoms with van der Waals surface area (Å²) in [6, 6.07) is 15.6. The normalized spacial score (nSPS) is 15.4. The van der Waals surface area contributed by atoms with Crippen molar-refractivity contribution in [2.45, 2.75) is 103 Å². The van der Waals surface area contributed by atoms with Gasteiger partial charge in [0.25, 0.3) is 0 Å². The van der Waals surface area contributed by atoms with E-state index in [-0.39, 0.29) is 11.8 Å². The third-order valence-corrected chi connectivity index (χ3v) is 8.99. The molecule has 0 unspecified atom stereocenters. The van der Waals surface area contributed by atoms with Crippen LogP contribution in [0.4, 0.5) is 0 Å². The van der Waals surface area contributed by atoms with E-state index in [9.17, 15) is 15.0 Å². The lowest BCUT2D eigenvalue weighted by Gasteiger charge is -2.35. The molecule has 0 saturated heterocycles. The lowest BCUT2D eigenvalue weighted by Crippen LogP contribution is -2.31. The van der Waals surface area contributed by atoms with Gasteiger partial charge < -0.3 is 10.2 Å². The number of aliphatic carboxylic acids is 1. The molecule has 0 aliphatic heterocycles. The van der Waals surface area contributed by atoms with E-state index in [2.05, 4.69) is 69.1 Å². The Hall–Kier alpha value is -2.98. The number of aryl methyl sites for hydroxylation is 3. The number of rotatable bonds is 10. The first-order chi connectivity index (χ1) is 18.2. The molecule has 3 aromatic rings. The number of nitrogens with zero attached hydrogens (tertiary/aromatic N) is 1. The molecule has 2 N–H and O–H groups in total. The average molecular weight is 514 g/mol. The number of hydrogen-bond donors (Lipinski definition) is 2. The molecule has 1 saturated carbocycles. The van der Waals surface area contributed by atoms with Gasteiger partial charge in [-0.25, -0.2) is 0 Å². The van der Waals surface area contributed by atoms with Crippen molar-refractivity contribution in [3.05, 3.63) is 88.2 Å². The van der Waals surface area contributed by atoms with Crippen molar-refractivity contribution in [3.63, 3.8) is 0 Å². The topological polar surface area (TPSA) is 70.4 Å². The van der Waals surface area contributed by atoms with Crippen LogP contribution in [0.2, 0.25) is 0 Å². The molecule has 4 heteroatoms. The van der Waals surface area contributed by atoms with E-state index in [1.54, 1.807) is 6.20 Å². The van der Waals surface area contributed by atoms with Crippen molar-refractivity contribution in [2.75, 3.05) is 0 Å². The smallest absolute Gasteiger partial charge is 0.307 e. The minimum absolute atomic E-state index is 0.0264. The summed E-state index contributed by atoms with van der Waals surface area (Å²) in [5.41, 5.74) is 8.64. The van der Waals surface area contributed by atoms with E-state index in [0.717, 1.165) is 68.1 Å². The quantitative estimate of drug-likeness (QED) is 0.291.